The Morgan fingerprint density at radius 2 is 1.50 bits per heavy atom. The van der Waals surface area contributed by atoms with Crippen molar-refractivity contribution in [2.75, 3.05) is 13.2 Å². The van der Waals surface area contributed by atoms with Crippen LogP contribution >= 0.6 is 11.6 Å². The van der Waals surface area contributed by atoms with Crippen molar-refractivity contribution in [3.8, 4) is 0 Å². The maximum Gasteiger partial charge on any atom is 0.246 e. The van der Waals surface area contributed by atoms with Crippen molar-refractivity contribution in [1.82, 2.24) is 10.6 Å². The molecule has 204 valence electrons. The number of fused-ring (bicyclic) bond motifs is 3. The van der Waals surface area contributed by atoms with E-state index in [1.54, 1.807) is 6.92 Å². The fraction of sp³-hybridized carbons (Fsp3) is 0.885. The summed E-state index contributed by atoms with van der Waals surface area (Å²) >= 11 is 5.91. The molecule has 0 saturated heterocycles. The number of hydrogen-bond acceptors (Lipinski definition) is 6. The van der Waals surface area contributed by atoms with Crippen LogP contribution in [0.15, 0.2) is 0 Å². The predicted molar refractivity (Wildman–Crippen MR) is 131 cm³/mol. The summed E-state index contributed by atoms with van der Waals surface area (Å²) in [6.07, 6.45) is 5.09. The molecule has 2 bridgehead atoms. The first-order valence-corrected chi connectivity index (χ1v) is 13.9. The average molecular weight is 531 g/mol. The van der Waals surface area contributed by atoms with Crippen molar-refractivity contribution >= 4 is 29.2 Å². The lowest BCUT2D eigenvalue weighted by atomic mass is 9.60. The normalized spacial score (nSPS) is 40.4. The molecule has 0 heterocycles. The van der Waals surface area contributed by atoms with Crippen molar-refractivity contribution < 1.29 is 33.4 Å². The first-order valence-electron chi connectivity index (χ1n) is 13.4. The number of ether oxygens (including phenoxy) is 2. The molecule has 0 radical (unpaired) electrons. The summed E-state index contributed by atoms with van der Waals surface area (Å²) in [5, 5.41) is 16.5. The molecule has 0 aromatic rings. The summed E-state index contributed by atoms with van der Waals surface area (Å²) in [4.78, 5) is 36.8. The number of alkyl halides is 2. The summed E-state index contributed by atoms with van der Waals surface area (Å²) in [5.41, 5.74) is -1.22. The first kappa shape index (κ1) is 27.7. The Hall–Kier alpha value is -1.29. The van der Waals surface area contributed by atoms with Crippen LogP contribution in [0.3, 0.4) is 0 Å². The molecule has 5 saturated carbocycles. The molecule has 0 aromatic heterocycles. The van der Waals surface area contributed by atoms with Gasteiger partial charge in [0.05, 0.1) is 29.2 Å². The molecule has 36 heavy (non-hydrogen) atoms. The number of carbonyl (C=O) groups is 3. The topological polar surface area (TPSA) is 114 Å². The summed E-state index contributed by atoms with van der Waals surface area (Å²) in [6, 6.07) is 0. The van der Waals surface area contributed by atoms with Crippen molar-refractivity contribution in [3.05, 3.63) is 0 Å². The highest BCUT2D eigenvalue weighted by molar-refractivity contribution is 6.21. The van der Waals surface area contributed by atoms with Gasteiger partial charge in [-0.15, -0.1) is 11.6 Å². The van der Waals surface area contributed by atoms with Crippen molar-refractivity contribution in [1.29, 1.82) is 0 Å². The molecule has 0 aromatic carbocycles. The second kappa shape index (κ2) is 11.6. The first-order chi connectivity index (χ1) is 17.1. The number of carbonyl (C=O) groups excluding carboxylic acids is 3. The van der Waals surface area contributed by atoms with Crippen LogP contribution in [0.5, 0.6) is 0 Å². The average Bonchev–Trinajstić information content (AvgIpc) is 2.85. The van der Waals surface area contributed by atoms with Gasteiger partial charge in [0.25, 0.3) is 0 Å². The zero-order chi connectivity index (χ0) is 25.9. The summed E-state index contributed by atoms with van der Waals surface area (Å²) in [7, 11) is 0. The zero-order valence-electron chi connectivity index (χ0n) is 21.1. The van der Waals surface area contributed by atoms with E-state index in [0.29, 0.717) is 44.9 Å². The lowest BCUT2D eigenvalue weighted by Gasteiger charge is -2.56. The molecule has 4 atom stereocenters. The molecule has 3 unspecified atom stereocenters. The van der Waals surface area contributed by atoms with Gasteiger partial charge in [-0.1, -0.05) is 0 Å². The molecule has 0 spiro atoms. The molecule has 5 rings (SSSR count). The highest BCUT2D eigenvalue weighted by Crippen LogP contribution is 2.47. The minimum absolute atomic E-state index is 0.00186. The van der Waals surface area contributed by atoms with E-state index in [-0.39, 0.29) is 55.4 Å². The number of aliphatic hydroxyl groups is 1. The number of hydrogen-bond donors (Lipinski definition) is 3. The van der Waals surface area contributed by atoms with E-state index in [4.69, 9.17) is 21.1 Å². The quantitative estimate of drug-likeness (QED) is 0.395. The van der Waals surface area contributed by atoms with E-state index in [0.717, 1.165) is 25.7 Å². The number of halogens is 2. The number of Topliss-reactive ketones (excluding diaryl/α,β-unsaturated/α-hetero) is 1. The Morgan fingerprint density at radius 1 is 0.917 bits per heavy atom. The minimum Gasteiger partial charge on any atom is -0.391 e. The molecular weight excluding hydrogens is 491 g/mol. The van der Waals surface area contributed by atoms with Gasteiger partial charge in [0.15, 0.2) is 0 Å². The Balaban J connectivity index is 1.19. The van der Waals surface area contributed by atoms with Crippen molar-refractivity contribution in [2.45, 2.75) is 125 Å². The van der Waals surface area contributed by atoms with Crippen LogP contribution in [-0.2, 0) is 23.9 Å². The number of rotatable bonds is 9. The van der Waals surface area contributed by atoms with Gasteiger partial charge in [-0.25, -0.2) is 4.39 Å². The minimum atomic E-state index is -1.12. The molecule has 2 amide bonds. The van der Waals surface area contributed by atoms with Crippen LogP contribution in [0.1, 0.15) is 84.0 Å². The number of amides is 2. The number of ketones is 1. The molecule has 8 nitrogen and oxygen atoms in total. The Kier molecular flexibility index (Phi) is 8.95. The maximum absolute atomic E-state index is 13.8. The van der Waals surface area contributed by atoms with E-state index in [2.05, 4.69) is 10.6 Å². The van der Waals surface area contributed by atoms with Crippen LogP contribution in [0, 0.1) is 5.92 Å². The largest absolute Gasteiger partial charge is 0.391 e. The number of nitrogens with one attached hydrogen (secondary N) is 2. The third-order valence-electron chi connectivity index (χ3n) is 8.91. The molecule has 0 aliphatic heterocycles. The SMILES string of the molecule is CC(=O)C1CCC(OCC(=O)NC23CCC(NC(=O)COC4CCC(Cl)C(F)C4)(CC2)[C@@H](O)C3)CC1. The van der Waals surface area contributed by atoms with Gasteiger partial charge >= 0.3 is 0 Å². The lowest BCUT2D eigenvalue weighted by Crippen LogP contribution is -2.70. The van der Waals surface area contributed by atoms with E-state index in [1.165, 1.54) is 0 Å². The van der Waals surface area contributed by atoms with Gasteiger partial charge in [-0.05, 0) is 77.6 Å². The monoisotopic (exact) mass is 530 g/mol. The van der Waals surface area contributed by atoms with Crippen molar-refractivity contribution in [2.24, 2.45) is 5.92 Å². The maximum atomic E-state index is 13.8. The number of aliphatic hydroxyl groups excluding tert-OH is 1. The molecular formula is C26H40ClFN2O6. The summed E-state index contributed by atoms with van der Waals surface area (Å²) in [6.45, 7) is 1.43. The van der Waals surface area contributed by atoms with Crippen LogP contribution in [0.4, 0.5) is 4.39 Å². The van der Waals surface area contributed by atoms with Gasteiger partial charge in [-0.3, -0.25) is 14.4 Å². The van der Waals surface area contributed by atoms with E-state index in [1.807, 2.05) is 0 Å². The summed E-state index contributed by atoms with van der Waals surface area (Å²) < 4.78 is 25.3. The highest BCUT2D eigenvalue weighted by Gasteiger charge is 2.55. The zero-order valence-corrected chi connectivity index (χ0v) is 21.9. The molecule has 5 fully saturated rings. The Labute approximate surface area is 217 Å². The van der Waals surface area contributed by atoms with E-state index < -0.39 is 28.7 Å². The van der Waals surface area contributed by atoms with Gasteiger partial charge in [-0.2, -0.15) is 0 Å². The Morgan fingerprint density at radius 3 is 2.08 bits per heavy atom. The van der Waals surface area contributed by atoms with Gasteiger partial charge in [0, 0.05) is 17.9 Å². The lowest BCUT2D eigenvalue weighted by molar-refractivity contribution is -0.142. The molecule has 5 aliphatic rings. The van der Waals surface area contributed by atoms with Crippen LogP contribution in [0.25, 0.3) is 0 Å². The third-order valence-corrected chi connectivity index (χ3v) is 9.40. The van der Waals surface area contributed by atoms with Crippen LogP contribution < -0.4 is 10.6 Å². The van der Waals surface area contributed by atoms with Crippen LogP contribution in [-0.4, -0.2) is 76.9 Å². The van der Waals surface area contributed by atoms with Crippen molar-refractivity contribution in [3.63, 3.8) is 0 Å². The van der Waals surface area contributed by atoms with Gasteiger partial charge in [0.2, 0.25) is 11.8 Å². The predicted octanol–water partition coefficient (Wildman–Crippen LogP) is 2.71. The molecule has 3 N–H and O–H groups in total. The van der Waals surface area contributed by atoms with E-state index >= 15 is 0 Å². The third kappa shape index (κ3) is 6.58. The summed E-state index contributed by atoms with van der Waals surface area (Å²) in [5.74, 6) is -0.170. The standard InChI is InChI=1S/C26H40ClFN2O6/c1-16(31)17-2-4-18(5-3-17)35-14-23(33)29-25-8-10-26(11-9-25,22(32)13-25)30-24(34)15-36-19-6-7-20(27)21(28)12-19/h17-22,32H,2-15H2,1H3,(H,29,33)(H,30,34)/t17?,18?,19?,20?,21?,22-,25?,26?/m0/s1. The fourth-order valence-corrected chi connectivity index (χ4v) is 6.75. The smallest absolute Gasteiger partial charge is 0.246 e. The fourth-order valence-electron chi connectivity index (χ4n) is 6.52. The highest BCUT2D eigenvalue weighted by atomic mass is 35.5. The van der Waals surface area contributed by atoms with E-state index in [9.17, 15) is 23.9 Å². The van der Waals surface area contributed by atoms with Crippen LogP contribution in [0.2, 0.25) is 0 Å². The second-order valence-corrected chi connectivity index (χ2v) is 12.0. The second-order valence-electron chi connectivity index (χ2n) is 11.4. The molecule has 10 heteroatoms. The Bertz CT molecular complexity index is 812. The molecule has 5 aliphatic carbocycles. The van der Waals surface area contributed by atoms with Gasteiger partial charge in [0.1, 0.15) is 25.2 Å². The van der Waals surface area contributed by atoms with Gasteiger partial charge < -0.3 is 25.2 Å².